The standard InChI is InChI=1S/C20H24O7/c1-10-4-3-5-15(21)19(24)17(23)7-11-6-13(11)14-8-12(26-2)9-16(22)18(14)20(25)27-10/h3,5,8-11,13,17,19,22-24H,4,6-7H2,1-2H3/b5-3-/t10-,11+,13-,17-,19+/m0/s1. The van der Waals surface area contributed by atoms with Gasteiger partial charge in [0.05, 0.1) is 13.2 Å². The van der Waals surface area contributed by atoms with Gasteiger partial charge >= 0.3 is 5.97 Å². The van der Waals surface area contributed by atoms with Crippen LogP contribution >= 0.6 is 0 Å². The highest BCUT2D eigenvalue weighted by atomic mass is 16.5. The summed E-state index contributed by atoms with van der Waals surface area (Å²) in [7, 11) is 1.47. The first-order valence-corrected chi connectivity index (χ1v) is 9.00. The number of ketones is 1. The molecule has 3 N–H and O–H groups in total. The summed E-state index contributed by atoms with van der Waals surface area (Å²) in [6.45, 7) is 1.67. The van der Waals surface area contributed by atoms with Gasteiger partial charge in [0.15, 0.2) is 5.78 Å². The van der Waals surface area contributed by atoms with Gasteiger partial charge in [0, 0.05) is 12.5 Å². The highest BCUT2D eigenvalue weighted by molar-refractivity contribution is 5.95. The third-order valence-corrected chi connectivity index (χ3v) is 5.14. The van der Waals surface area contributed by atoms with Crippen molar-refractivity contribution in [2.45, 2.75) is 50.4 Å². The minimum atomic E-state index is -1.48. The number of carbonyl (C=O) groups is 2. The van der Waals surface area contributed by atoms with Gasteiger partial charge in [-0.25, -0.2) is 4.79 Å². The number of rotatable bonds is 1. The van der Waals surface area contributed by atoms with Gasteiger partial charge in [-0.1, -0.05) is 6.08 Å². The second-order valence-electron chi connectivity index (χ2n) is 7.22. The Kier molecular flexibility index (Phi) is 5.53. The fourth-order valence-corrected chi connectivity index (χ4v) is 3.54. The molecule has 0 saturated heterocycles. The molecule has 1 aromatic carbocycles. The molecule has 27 heavy (non-hydrogen) atoms. The zero-order valence-corrected chi connectivity index (χ0v) is 15.3. The first-order valence-electron chi connectivity index (χ1n) is 9.00. The summed E-state index contributed by atoms with van der Waals surface area (Å²) in [4.78, 5) is 24.6. The van der Waals surface area contributed by atoms with Crippen LogP contribution in [0.1, 0.15) is 48.0 Å². The monoisotopic (exact) mass is 376 g/mol. The summed E-state index contributed by atoms with van der Waals surface area (Å²) in [5.74, 6) is -1.14. The molecule has 7 nitrogen and oxygen atoms in total. The van der Waals surface area contributed by atoms with E-state index in [1.165, 1.54) is 25.3 Å². The van der Waals surface area contributed by atoms with E-state index in [4.69, 9.17) is 9.47 Å². The Morgan fingerprint density at radius 2 is 1.93 bits per heavy atom. The lowest BCUT2D eigenvalue weighted by molar-refractivity contribution is -0.128. The lowest BCUT2D eigenvalue weighted by Gasteiger charge is -2.18. The van der Waals surface area contributed by atoms with E-state index in [2.05, 4.69) is 0 Å². The Morgan fingerprint density at radius 1 is 1.19 bits per heavy atom. The number of aliphatic hydroxyl groups excluding tert-OH is 2. The molecule has 1 saturated carbocycles. The zero-order chi connectivity index (χ0) is 19.7. The molecule has 1 aliphatic carbocycles. The zero-order valence-electron chi connectivity index (χ0n) is 15.3. The third-order valence-electron chi connectivity index (χ3n) is 5.14. The predicted octanol–water partition coefficient (Wildman–Crippen LogP) is 1.69. The summed E-state index contributed by atoms with van der Waals surface area (Å²) in [6.07, 6.45) is 0.634. The molecule has 0 unspecified atom stereocenters. The summed E-state index contributed by atoms with van der Waals surface area (Å²) >= 11 is 0. The molecule has 1 aliphatic heterocycles. The molecule has 0 amide bonds. The van der Waals surface area contributed by atoms with Crippen LogP contribution in [0, 0.1) is 5.92 Å². The van der Waals surface area contributed by atoms with Crippen LogP contribution < -0.4 is 4.74 Å². The SMILES string of the molecule is COc1cc(O)c2c(c1)[C@H]1C[C@@H]1C[C@H](O)[C@H](O)C(=O)/C=C\C[C@H](C)OC2=O. The summed E-state index contributed by atoms with van der Waals surface area (Å²) in [5, 5.41) is 30.6. The molecule has 0 radical (unpaired) electrons. The molecule has 1 fully saturated rings. The number of phenols is 1. The van der Waals surface area contributed by atoms with Crippen molar-refractivity contribution in [3.05, 3.63) is 35.4 Å². The lowest BCUT2D eigenvalue weighted by atomic mass is 9.97. The molecule has 1 aromatic rings. The Hall–Kier alpha value is -2.38. The van der Waals surface area contributed by atoms with Crippen LogP contribution in [0.4, 0.5) is 0 Å². The van der Waals surface area contributed by atoms with Gasteiger partial charge in [0.25, 0.3) is 0 Å². The average Bonchev–Trinajstić information content (AvgIpc) is 3.38. The lowest BCUT2D eigenvalue weighted by Crippen LogP contribution is -2.33. The van der Waals surface area contributed by atoms with Crippen LogP contribution in [0.3, 0.4) is 0 Å². The Labute approximate surface area is 157 Å². The second kappa shape index (κ2) is 7.70. The molecule has 146 valence electrons. The van der Waals surface area contributed by atoms with Crippen molar-refractivity contribution in [1.82, 2.24) is 0 Å². The number of hydrogen-bond acceptors (Lipinski definition) is 7. The normalized spacial score (nSPS) is 32.5. The highest BCUT2D eigenvalue weighted by Gasteiger charge is 2.44. The van der Waals surface area contributed by atoms with Gasteiger partial charge < -0.3 is 24.8 Å². The van der Waals surface area contributed by atoms with E-state index in [-0.39, 0.29) is 36.0 Å². The van der Waals surface area contributed by atoms with Gasteiger partial charge in [0.1, 0.15) is 29.3 Å². The minimum Gasteiger partial charge on any atom is -0.507 e. The van der Waals surface area contributed by atoms with E-state index >= 15 is 0 Å². The number of methoxy groups -OCH3 is 1. The topological polar surface area (TPSA) is 113 Å². The first kappa shape index (κ1) is 19.4. The number of carbonyl (C=O) groups excluding carboxylic acids is 2. The van der Waals surface area contributed by atoms with Crippen molar-refractivity contribution in [3.8, 4) is 11.5 Å². The van der Waals surface area contributed by atoms with Crippen molar-refractivity contribution in [3.63, 3.8) is 0 Å². The van der Waals surface area contributed by atoms with E-state index in [1.807, 2.05) is 0 Å². The summed E-state index contributed by atoms with van der Waals surface area (Å²) < 4.78 is 10.6. The fraction of sp³-hybridized carbons (Fsp3) is 0.500. The van der Waals surface area contributed by atoms with E-state index in [0.29, 0.717) is 17.7 Å². The van der Waals surface area contributed by atoms with E-state index < -0.39 is 30.1 Å². The van der Waals surface area contributed by atoms with Crippen LogP contribution in [-0.4, -0.2) is 52.5 Å². The molecule has 2 aliphatic rings. The van der Waals surface area contributed by atoms with Gasteiger partial charge in [-0.3, -0.25) is 4.79 Å². The number of cyclic esters (lactones) is 1. The number of hydrogen-bond donors (Lipinski definition) is 3. The molecule has 0 spiro atoms. The van der Waals surface area contributed by atoms with Crippen molar-refractivity contribution >= 4 is 11.8 Å². The molecule has 3 rings (SSSR count). The van der Waals surface area contributed by atoms with Gasteiger partial charge in [-0.2, -0.15) is 0 Å². The number of aliphatic hydroxyl groups is 2. The van der Waals surface area contributed by atoms with Crippen molar-refractivity contribution in [1.29, 1.82) is 0 Å². The second-order valence-corrected chi connectivity index (χ2v) is 7.22. The molecule has 0 bridgehead atoms. The summed E-state index contributed by atoms with van der Waals surface area (Å²) in [5.41, 5.74) is 0.692. The largest absolute Gasteiger partial charge is 0.507 e. The number of benzene rings is 1. The maximum atomic E-state index is 12.6. The number of phenolic OH excluding ortho intramolecular Hbond substituents is 1. The van der Waals surface area contributed by atoms with Crippen LogP contribution in [-0.2, 0) is 9.53 Å². The molecule has 5 atom stereocenters. The number of fused-ring (bicyclic) bond motifs is 3. The maximum absolute atomic E-state index is 12.6. The first-order chi connectivity index (χ1) is 12.8. The van der Waals surface area contributed by atoms with Crippen molar-refractivity contribution in [2.24, 2.45) is 5.92 Å². The van der Waals surface area contributed by atoms with E-state index in [0.717, 1.165) is 0 Å². The van der Waals surface area contributed by atoms with Crippen molar-refractivity contribution in [2.75, 3.05) is 7.11 Å². The molecular formula is C20H24O7. The predicted molar refractivity (Wildman–Crippen MR) is 95.8 cm³/mol. The highest BCUT2D eigenvalue weighted by Crippen LogP contribution is 2.53. The molecular weight excluding hydrogens is 352 g/mol. The number of esters is 1. The van der Waals surface area contributed by atoms with E-state index in [1.54, 1.807) is 13.0 Å². The van der Waals surface area contributed by atoms with Gasteiger partial charge in [-0.15, -0.1) is 0 Å². The van der Waals surface area contributed by atoms with Crippen LogP contribution in [0.2, 0.25) is 0 Å². The van der Waals surface area contributed by atoms with Crippen LogP contribution in [0.5, 0.6) is 11.5 Å². The van der Waals surface area contributed by atoms with E-state index in [9.17, 15) is 24.9 Å². The average molecular weight is 376 g/mol. The molecule has 7 heteroatoms. The van der Waals surface area contributed by atoms with Crippen LogP contribution in [0.25, 0.3) is 0 Å². The Morgan fingerprint density at radius 3 is 2.63 bits per heavy atom. The fourth-order valence-electron chi connectivity index (χ4n) is 3.54. The third kappa shape index (κ3) is 4.14. The molecule has 0 aromatic heterocycles. The summed E-state index contributed by atoms with van der Waals surface area (Å²) in [6, 6.07) is 3.05. The van der Waals surface area contributed by atoms with Gasteiger partial charge in [-0.05, 0) is 49.3 Å². The minimum absolute atomic E-state index is 0.0233. The van der Waals surface area contributed by atoms with Gasteiger partial charge in [0.2, 0.25) is 0 Å². The number of ether oxygens (including phenoxy) is 2. The number of aromatic hydroxyl groups is 1. The smallest absolute Gasteiger partial charge is 0.342 e. The Balaban J connectivity index is 1.98. The maximum Gasteiger partial charge on any atom is 0.342 e. The quantitative estimate of drug-likeness (QED) is 0.639. The van der Waals surface area contributed by atoms with Crippen molar-refractivity contribution < 1.29 is 34.4 Å². The molecule has 1 heterocycles. The van der Waals surface area contributed by atoms with Crippen LogP contribution in [0.15, 0.2) is 24.3 Å². The Bertz CT molecular complexity index is 770.